The molecular weight excluding hydrogens is 278 g/mol. The van der Waals surface area contributed by atoms with Gasteiger partial charge in [0.2, 0.25) is 5.91 Å². The highest BCUT2D eigenvalue weighted by molar-refractivity contribution is 6.30. The predicted molar refractivity (Wildman–Crippen MR) is 79.7 cm³/mol. The highest BCUT2D eigenvalue weighted by Gasteiger charge is 2.38. The molecule has 1 rings (SSSR count). The molecule has 3 N–H and O–H groups in total. The Hall–Kier alpha value is -1.75. The van der Waals surface area contributed by atoms with E-state index in [1.54, 1.807) is 31.0 Å². The molecule has 0 aromatic heterocycles. The number of rotatable bonds is 5. The number of carbonyl (C=O) groups excluding carboxylic acids is 1. The molecule has 20 heavy (non-hydrogen) atoms. The number of nitrogens with zero attached hydrogens (tertiary/aromatic N) is 2. The summed E-state index contributed by atoms with van der Waals surface area (Å²) in [5, 5.41) is 12.5. The lowest BCUT2D eigenvalue weighted by atomic mass is 9.84. The second kappa shape index (κ2) is 6.61. The molecule has 0 fully saturated rings. The molecule has 110 valence electrons. The Labute approximate surface area is 124 Å². The second-order valence-corrected chi connectivity index (χ2v) is 5.40. The average molecular weight is 298 g/mol. The van der Waals surface area contributed by atoms with Crippen molar-refractivity contribution >= 4 is 23.3 Å². The van der Waals surface area contributed by atoms with Crippen LogP contribution < -0.4 is 5.73 Å². The molecule has 1 atom stereocenters. The van der Waals surface area contributed by atoms with Crippen molar-refractivity contribution in [3.8, 4) is 0 Å². The van der Waals surface area contributed by atoms with E-state index in [4.69, 9.17) is 22.5 Å². The Morgan fingerprint density at radius 3 is 2.45 bits per heavy atom. The standard InChI is InChI=1S/C14H20ClN3O2/c1-4-14(2,12(16)17-20)13(19)18(3)9-10-5-7-11(15)8-6-10/h5-8,20H,4,9H2,1-3H3,(H2,16,17). The van der Waals surface area contributed by atoms with Crippen molar-refractivity contribution in [2.24, 2.45) is 16.3 Å². The molecule has 0 radical (unpaired) electrons. The Kier molecular flexibility index (Phi) is 5.39. The van der Waals surface area contributed by atoms with E-state index in [9.17, 15) is 4.79 Å². The first kappa shape index (κ1) is 16.3. The van der Waals surface area contributed by atoms with Gasteiger partial charge in [-0.3, -0.25) is 4.79 Å². The van der Waals surface area contributed by atoms with Crippen LogP contribution in [-0.4, -0.2) is 28.9 Å². The van der Waals surface area contributed by atoms with Crippen LogP contribution in [0, 0.1) is 5.41 Å². The summed E-state index contributed by atoms with van der Waals surface area (Å²) in [5.74, 6) is -0.266. The molecule has 0 heterocycles. The molecule has 1 aromatic rings. The molecule has 0 bridgehead atoms. The molecule has 0 aliphatic heterocycles. The highest BCUT2D eigenvalue weighted by Crippen LogP contribution is 2.25. The van der Waals surface area contributed by atoms with Crippen LogP contribution in [0.25, 0.3) is 0 Å². The van der Waals surface area contributed by atoms with Gasteiger partial charge in [-0.15, -0.1) is 0 Å². The maximum Gasteiger partial charge on any atom is 0.236 e. The summed E-state index contributed by atoms with van der Waals surface area (Å²) in [6.07, 6.45) is 0.451. The SMILES string of the molecule is CCC(C)(C(=O)N(C)Cc1ccc(Cl)cc1)/C(N)=N/O. The Morgan fingerprint density at radius 2 is 2.00 bits per heavy atom. The summed E-state index contributed by atoms with van der Waals surface area (Å²) in [6.45, 7) is 3.93. The van der Waals surface area contributed by atoms with E-state index in [1.807, 2.05) is 19.1 Å². The van der Waals surface area contributed by atoms with E-state index >= 15 is 0 Å². The highest BCUT2D eigenvalue weighted by atomic mass is 35.5. The average Bonchev–Trinajstić information content (AvgIpc) is 2.46. The summed E-state index contributed by atoms with van der Waals surface area (Å²) in [6, 6.07) is 7.27. The van der Waals surface area contributed by atoms with Crippen molar-refractivity contribution < 1.29 is 10.0 Å². The number of benzene rings is 1. The molecule has 1 aromatic carbocycles. The van der Waals surface area contributed by atoms with Crippen LogP contribution in [0.3, 0.4) is 0 Å². The molecule has 5 nitrogen and oxygen atoms in total. The maximum atomic E-state index is 12.5. The number of halogens is 1. The topological polar surface area (TPSA) is 78.9 Å². The normalized spacial score (nSPS) is 14.7. The number of amides is 1. The van der Waals surface area contributed by atoms with Gasteiger partial charge in [0.25, 0.3) is 0 Å². The Morgan fingerprint density at radius 1 is 1.45 bits per heavy atom. The van der Waals surface area contributed by atoms with Crippen LogP contribution in [0.5, 0.6) is 0 Å². The summed E-state index contributed by atoms with van der Waals surface area (Å²) >= 11 is 5.83. The van der Waals surface area contributed by atoms with E-state index in [1.165, 1.54) is 0 Å². The van der Waals surface area contributed by atoms with Crippen molar-refractivity contribution in [1.82, 2.24) is 4.90 Å². The van der Waals surface area contributed by atoms with E-state index in [-0.39, 0.29) is 11.7 Å². The van der Waals surface area contributed by atoms with Crippen LogP contribution in [0.15, 0.2) is 29.4 Å². The summed E-state index contributed by atoms with van der Waals surface area (Å²) < 4.78 is 0. The fourth-order valence-corrected chi connectivity index (χ4v) is 2.03. The first-order chi connectivity index (χ1) is 9.35. The van der Waals surface area contributed by atoms with Crippen molar-refractivity contribution in [2.45, 2.75) is 26.8 Å². The zero-order valence-electron chi connectivity index (χ0n) is 11.9. The molecule has 0 spiro atoms. The lowest BCUT2D eigenvalue weighted by molar-refractivity contribution is -0.137. The first-order valence-electron chi connectivity index (χ1n) is 6.33. The quantitative estimate of drug-likeness (QED) is 0.379. The van der Waals surface area contributed by atoms with Crippen LogP contribution in [0.4, 0.5) is 0 Å². The van der Waals surface area contributed by atoms with Gasteiger partial charge in [0.15, 0.2) is 5.84 Å². The van der Waals surface area contributed by atoms with Gasteiger partial charge in [-0.2, -0.15) is 0 Å². The lowest BCUT2D eigenvalue weighted by Gasteiger charge is -2.30. The number of amidine groups is 1. The van der Waals surface area contributed by atoms with E-state index < -0.39 is 5.41 Å². The third-order valence-corrected chi connectivity index (χ3v) is 3.78. The third kappa shape index (κ3) is 3.42. The van der Waals surface area contributed by atoms with Gasteiger partial charge in [-0.25, -0.2) is 0 Å². The zero-order valence-corrected chi connectivity index (χ0v) is 12.7. The molecule has 0 aliphatic carbocycles. The van der Waals surface area contributed by atoms with Crippen molar-refractivity contribution in [2.75, 3.05) is 7.05 Å². The molecule has 1 unspecified atom stereocenters. The van der Waals surface area contributed by atoms with Gasteiger partial charge in [0, 0.05) is 18.6 Å². The van der Waals surface area contributed by atoms with Gasteiger partial charge in [-0.05, 0) is 31.0 Å². The number of nitrogens with two attached hydrogens (primary N) is 1. The number of carbonyl (C=O) groups is 1. The number of hydrogen-bond donors (Lipinski definition) is 2. The van der Waals surface area contributed by atoms with Crippen LogP contribution in [0.2, 0.25) is 5.02 Å². The smallest absolute Gasteiger partial charge is 0.236 e. The van der Waals surface area contributed by atoms with Gasteiger partial charge in [-0.1, -0.05) is 35.8 Å². The van der Waals surface area contributed by atoms with Crippen LogP contribution >= 0.6 is 11.6 Å². The van der Waals surface area contributed by atoms with E-state index in [0.29, 0.717) is 18.0 Å². The third-order valence-electron chi connectivity index (χ3n) is 3.53. The minimum atomic E-state index is -1.00. The molecule has 1 amide bonds. The van der Waals surface area contributed by atoms with Crippen LogP contribution in [-0.2, 0) is 11.3 Å². The number of oxime groups is 1. The number of hydrogen-bond acceptors (Lipinski definition) is 3. The molecule has 6 heteroatoms. The Balaban J connectivity index is 2.88. The minimum Gasteiger partial charge on any atom is -0.409 e. The summed E-state index contributed by atoms with van der Waals surface area (Å²) in [4.78, 5) is 14.1. The van der Waals surface area contributed by atoms with Crippen molar-refractivity contribution in [1.29, 1.82) is 0 Å². The van der Waals surface area contributed by atoms with Crippen molar-refractivity contribution in [3.63, 3.8) is 0 Å². The summed E-state index contributed by atoms with van der Waals surface area (Å²) in [7, 11) is 1.69. The fraction of sp³-hybridized carbons (Fsp3) is 0.429. The molecule has 0 saturated carbocycles. The van der Waals surface area contributed by atoms with E-state index in [2.05, 4.69) is 5.16 Å². The van der Waals surface area contributed by atoms with Gasteiger partial charge in [0.1, 0.15) is 5.41 Å². The molecule has 0 aliphatic rings. The Bertz CT molecular complexity index is 502. The summed E-state index contributed by atoms with van der Waals surface area (Å²) in [5.41, 5.74) is 5.61. The predicted octanol–water partition coefficient (Wildman–Crippen LogP) is 2.46. The maximum absolute atomic E-state index is 12.5. The van der Waals surface area contributed by atoms with Crippen LogP contribution in [0.1, 0.15) is 25.8 Å². The van der Waals surface area contributed by atoms with Gasteiger partial charge < -0.3 is 15.8 Å². The lowest BCUT2D eigenvalue weighted by Crippen LogP contribution is -2.47. The van der Waals surface area contributed by atoms with E-state index in [0.717, 1.165) is 5.56 Å². The van der Waals surface area contributed by atoms with Crippen molar-refractivity contribution in [3.05, 3.63) is 34.9 Å². The second-order valence-electron chi connectivity index (χ2n) is 4.96. The largest absolute Gasteiger partial charge is 0.409 e. The molecule has 0 saturated heterocycles. The monoisotopic (exact) mass is 297 g/mol. The first-order valence-corrected chi connectivity index (χ1v) is 6.71. The van der Waals surface area contributed by atoms with Gasteiger partial charge >= 0.3 is 0 Å². The van der Waals surface area contributed by atoms with Gasteiger partial charge in [0.05, 0.1) is 0 Å². The zero-order chi connectivity index (χ0) is 15.3. The minimum absolute atomic E-state index is 0.0760. The fourth-order valence-electron chi connectivity index (χ4n) is 1.91. The molecular formula is C14H20ClN3O2.